The summed E-state index contributed by atoms with van der Waals surface area (Å²) in [7, 11) is 0. The number of thiophene rings is 1. The summed E-state index contributed by atoms with van der Waals surface area (Å²) in [5, 5.41) is 15.7. The minimum atomic E-state index is 0.0788. The van der Waals surface area contributed by atoms with Crippen molar-refractivity contribution in [1.82, 2.24) is 5.32 Å². The fourth-order valence-corrected chi connectivity index (χ4v) is 2.08. The van der Waals surface area contributed by atoms with E-state index in [0.717, 1.165) is 18.4 Å². The molecule has 0 fully saturated rings. The Bertz CT molecular complexity index is 298. The summed E-state index contributed by atoms with van der Waals surface area (Å²) in [6, 6.07) is 1.97. The lowest BCUT2D eigenvalue weighted by atomic mass is 10.1. The summed E-state index contributed by atoms with van der Waals surface area (Å²) in [4.78, 5) is 11.5. The molecule has 0 radical (unpaired) electrons. The average molecular weight is 241 g/mol. The SMILES string of the molecule is CC(CO)CCCNC(=O)Cc1ccsc1. The van der Waals surface area contributed by atoms with Crippen LogP contribution >= 0.6 is 11.3 Å². The zero-order valence-electron chi connectivity index (χ0n) is 9.61. The van der Waals surface area contributed by atoms with E-state index >= 15 is 0 Å². The zero-order valence-corrected chi connectivity index (χ0v) is 10.4. The summed E-state index contributed by atoms with van der Waals surface area (Å²) in [6.45, 7) is 2.93. The maximum absolute atomic E-state index is 11.5. The van der Waals surface area contributed by atoms with Gasteiger partial charge >= 0.3 is 0 Å². The van der Waals surface area contributed by atoms with E-state index < -0.39 is 0 Å². The Balaban J connectivity index is 2.07. The molecule has 0 spiro atoms. The van der Waals surface area contributed by atoms with Crippen LogP contribution in [0.5, 0.6) is 0 Å². The van der Waals surface area contributed by atoms with Crippen molar-refractivity contribution in [2.75, 3.05) is 13.2 Å². The highest BCUT2D eigenvalue weighted by Crippen LogP contribution is 2.06. The second-order valence-electron chi connectivity index (χ2n) is 4.09. The van der Waals surface area contributed by atoms with Gasteiger partial charge in [-0.25, -0.2) is 0 Å². The third-order valence-corrected chi connectivity index (χ3v) is 3.18. The summed E-state index contributed by atoms with van der Waals surface area (Å²) < 4.78 is 0. The number of carbonyl (C=O) groups excluding carboxylic acids is 1. The molecule has 1 atom stereocenters. The summed E-state index contributed by atoms with van der Waals surface area (Å²) in [6.07, 6.45) is 2.35. The molecule has 0 bridgehead atoms. The number of amides is 1. The van der Waals surface area contributed by atoms with Crippen LogP contribution in [0.3, 0.4) is 0 Å². The van der Waals surface area contributed by atoms with Gasteiger partial charge in [-0.3, -0.25) is 4.79 Å². The number of rotatable bonds is 7. The van der Waals surface area contributed by atoms with Gasteiger partial charge in [0.2, 0.25) is 5.91 Å². The first-order valence-electron chi connectivity index (χ1n) is 5.61. The van der Waals surface area contributed by atoms with Gasteiger partial charge < -0.3 is 10.4 Å². The van der Waals surface area contributed by atoms with E-state index in [1.54, 1.807) is 11.3 Å². The fourth-order valence-electron chi connectivity index (χ4n) is 1.41. The van der Waals surface area contributed by atoms with E-state index in [0.29, 0.717) is 18.9 Å². The molecule has 0 saturated heterocycles. The van der Waals surface area contributed by atoms with Gasteiger partial charge in [-0.05, 0) is 41.1 Å². The lowest BCUT2D eigenvalue weighted by Crippen LogP contribution is -2.26. The second kappa shape index (κ2) is 7.41. The van der Waals surface area contributed by atoms with Crippen LogP contribution < -0.4 is 5.32 Å². The van der Waals surface area contributed by atoms with Crippen molar-refractivity contribution in [3.05, 3.63) is 22.4 Å². The topological polar surface area (TPSA) is 49.3 Å². The van der Waals surface area contributed by atoms with Crippen molar-refractivity contribution < 1.29 is 9.90 Å². The molecule has 0 aliphatic rings. The number of nitrogens with one attached hydrogen (secondary N) is 1. The van der Waals surface area contributed by atoms with Crippen LogP contribution in [-0.2, 0) is 11.2 Å². The van der Waals surface area contributed by atoms with Crippen molar-refractivity contribution in [2.45, 2.75) is 26.2 Å². The normalized spacial score (nSPS) is 12.4. The fraction of sp³-hybridized carbons (Fsp3) is 0.583. The second-order valence-corrected chi connectivity index (χ2v) is 4.87. The minimum Gasteiger partial charge on any atom is -0.396 e. The number of hydrogen-bond donors (Lipinski definition) is 2. The maximum Gasteiger partial charge on any atom is 0.224 e. The molecule has 2 N–H and O–H groups in total. The molecule has 0 aliphatic heterocycles. The van der Waals surface area contributed by atoms with Crippen LogP contribution in [0.1, 0.15) is 25.3 Å². The van der Waals surface area contributed by atoms with Gasteiger partial charge in [0, 0.05) is 13.2 Å². The number of carbonyl (C=O) groups is 1. The maximum atomic E-state index is 11.5. The molecule has 1 aromatic rings. The minimum absolute atomic E-state index is 0.0788. The first kappa shape index (κ1) is 13.2. The summed E-state index contributed by atoms with van der Waals surface area (Å²) >= 11 is 1.61. The molecule has 1 unspecified atom stereocenters. The van der Waals surface area contributed by atoms with E-state index in [1.807, 2.05) is 23.8 Å². The highest BCUT2D eigenvalue weighted by atomic mass is 32.1. The molecule has 90 valence electrons. The molecule has 0 aromatic carbocycles. The lowest BCUT2D eigenvalue weighted by Gasteiger charge is -2.08. The molecule has 3 nitrogen and oxygen atoms in total. The smallest absolute Gasteiger partial charge is 0.224 e. The van der Waals surface area contributed by atoms with Crippen LogP contribution in [0.2, 0.25) is 0 Å². The van der Waals surface area contributed by atoms with Crippen LogP contribution in [-0.4, -0.2) is 24.2 Å². The van der Waals surface area contributed by atoms with Crippen molar-refractivity contribution in [3.63, 3.8) is 0 Å². The van der Waals surface area contributed by atoms with Gasteiger partial charge in [0.1, 0.15) is 0 Å². The van der Waals surface area contributed by atoms with Crippen LogP contribution in [0.4, 0.5) is 0 Å². The van der Waals surface area contributed by atoms with Crippen molar-refractivity contribution in [1.29, 1.82) is 0 Å². The summed E-state index contributed by atoms with van der Waals surface area (Å²) in [5.41, 5.74) is 1.08. The van der Waals surface area contributed by atoms with E-state index in [2.05, 4.69) is 5.32 Å². The van der Waals surface area contributed by atoms with Crippen molar-refractivity contribution >= 4 is 17.2 Å². The van der Waals surface area contributed by atoms with Gasteiger partial charge in [-0.2, -0.15) is 11.3 Å². The van der Waals surface area contributed by atoms with Crippen LogP contribution in [0, 0.1) is 5.92 Å². The average Bonchev–Trinajstić information content (AvgIpc) is 2.76. The Morgan fingerprint density at radius 2 is 2.44 bits per heavy atom. The third kappa shape index (κ3) is 5.28. The molecule has 0 aliphatic carbocycles. The molecule has 4 heteroatoms. The Labute approximate surface area is 100 Å². The van der Waals surface area contributed by atoms with Gasteiger partial charge in [0.25, 0.3) is 0 Å². The first-order valence-corrected chi connectivity index (χ1v) is 6.55. The zero-order chi connectivity index (χ0) is 11.8. The molecule has 16 heavy (non-hydrogen) atoms. The van der Waals surface area contributed by atoms with E-state index in [9.17, 15) is 4.79 Å². The van der Waals surface area contributed by atoms with Crippen LogP contribution in [0.15, 0.2) is 16.8 Å². The molecule has 1 aromatic heterocycles. The van der Waals surface area contributed by atoms with Crippen molar-refractivity contribution in [2.24, 2.45) is 5.92 Å². The van der Waals surface area contributed by atoms with Crippen LogP contribution in [0.25, 0.3) is 0 Å². The monoisotopic (exact) mass is 241 g/mol. The standard InChI is InChI=1S/C12H19NO2S/c1-10(8-14)3-2-5-13-12(15)7-11-4-6-16-9-11/h4,6,9-10,14H,2-3,5,7-8H2,1H3,(H,13,15). The molecule has 1 rings (SSSR count). The molecule has 1 heterocycles. The predicted octanol–water partition coefficient (Wildman–Crippen LogP) is 1.82. The summed E-state index contributed by atoms with van der Waals surface area (Å²) in [5.74, 6) is 0.406. The quantitative estimate of drug-likeness (QED) is 0.715. The van der Waals surface area contributed by atoms with Gasteiger partial charge in [0.05, 0.1) is 6.42 Å². The largest absolute Gasteiger partial charge is 0.396 e. The molecule has 1 amide bonds. The molecular formula is C12H19NO2S. The van der Waals surface area contributed by atoms with E-state index in [1.165, 1.54) is 0 Å². The van der Waals surface area contributed by atoms with Gasteiger partial charge in [-0.15, -0.1) is 0 Å². The molecule has 0 saturated carbocycles. The van der Waals surface area contributed by atoms with Gasteiger partial charge in [-0.1, -0.05) is 6.92 Å². The van der Waals surface area contributed by atoms with E-state index in [4.69, 9.17) is 5.11 Å². The number of aliphatic hydroxyl groups is 1. The first-order chi connectivity index (χ1) is 7.72. The lowest BCUT2D eigenvalue weighted by molar-refractivity contribution is -0.120. The number of hydrogen-bond acceptors (Lipinski definition) is 3. The number of aliphatic hydroxyl groups excluding tert-OH is 1. The highest BCUT2D eigenvalue weighted by molar-refractivity contribution is 7.07. The Morgan fingerprint density at radius 1 is 1.62 bits per heavy atom. The van der Waals surface area contributed by atoms with Gasteiger partial charge in [0.15, 0.2) is 0 Å². The Morgan fingerprint density at radius 3 is 3.06 bits per heavy atom. The Hall–Kier alpha value is -0.870. The Kier molecular flexibility index (Phi) is 6.11. The van der Waals surface area contributed by atoms with E-state index in [-0.39, 0.29) is 12.5 Å². The van der Waals surface area contributed by atoms with Crippen molar-refractivity contribution in [3.8, 4) is 0 Å². The predicted molar refractivity (Wildman–Crippen MR) is 66.5 cm³/mol. The molecular weight excluding hydrogens is 222 g/mol. The third-order valence-electron chi connectivity index (χ3n) is 2.45. The highest BCUT2D eigenvalue weighted by Gasteiger charge is 2.04.